The van der Waals surface area contributed by atoms with Gasteiger partial charge >= 0.3 is 6.09 Å². The van der Waals surface area contributed by atoms with Gasteiger partial charge in [-0.15, -0.1) is 11.8 Å². The predicted molar refractivity (Wildman–Crippen MR) is 122 cm³/mol. The van der Waals surface area contributed by atoms with E-state index in [-0.39, 0.29) is 19.0 Å². The lowest BCUT2D eigenvalue weighted by molar-refractivity contribution is -0.119. The Morgan fingerprint density at radius 2 is 1.94 bits per heavy atom. The summed E-state index contributed by atoms with van der Waals surface area (Å²) < 4.78 is 20.1. The van der Waals surface area contributed by atoms with Gasteiger partial charge in [-0.05, 0) is 41.5 Å². The molecule has 2 amide bonds. The maximum atomic E-state index is 14.9. The lowest BCUT2D eigenvalue weighted by Gasteiger charge is -2.14. The Morgan fingerprint density at radius 1 is 1.19 bits per heavy atom. The van der Waals surface area contributed by atoms with Gasteiger partial charge < -0.3 is 10.1 Å². The topological polar surface area (TPSA) is 71.5 Å². The average Bonchev–Trinajstić information content (AvgIpc) is 3.18. The van der Waals surface area contributed by atoms with E-state index in [9.17, 15) is 14.0 Å². The van der Waals surface area contributed by atoms with Crippen LogP contribution in [0.1, 0.15) is 12.5 Å². The van der Waals surface area contributed by atoms with Gasteiger partial charge in [0, 0.05) is 35.5 Å². The van der Waals surface area contributed by atoms with Crippen LogP contribution in [0.25, 0.3) is 11.1 Å². The molecule has 32 heavy (non-hydrogen) atoms. The molecule has 1 aliphatic heterocycles. The first kappa shape index (κ1) is 21.8. The molecule has 1 N–H and O–H groups in total. The van der Waals surface area contributed by atoms with Crippen molar-refractivity contribution in [2.24, 2.45) is 0 Å². The highest BCUT2D eigenvalue weighted by atomic mass is 32.2. The second kappa shape index (κ2) is 9.82. The molecule has 1 atom stereocenters. The molecule has 1 saturated heterocycles. The Hall–Kier alpha value is -3.39. The molecule has 4 rings (SSSR count). The number of halogens is 1. The van der Waals surface area contributed by atoms with Crippen molar-refractivity contribution in [1.82, 2.24) is 10.3 Å². The fourth-order valence-electron chi connectivity index (χ4n) is 3.38. The predicted octanol–water partition coefficient (Wildman–Crippen LogP) is 4.64. The fourth-order valence-corrected chi connectivity index (χ4v) is 4.22. The van der Waals surface area contributed by atoms with Crippen molar-refractivity contribution >= 4 is 29.4 Å². The minimum atomic E-state index is -0.552. The Balaban J connectivity index is 1.42. The van der Waals surface area contributed by atoms with Crippen molar-refractivity contribution in [1.29, 1.82) is 0 Å². The molecule has 0 aliphatic carbocycles. The molecule has 0 bridgehead atoms. The minimum absolute atomic E-state index is 0.197. The second-order valence-electron chi connectivity index (χ2n) is 7.39. The molecule has 0 spiro atoms. The summed E-state index contributed by atoms with van der Waals surface area (Å²) in [7, 11) is 0. The Labute approximate surface area is 189 Å². The number of cyclic esters (lactones) is 1. The molecule has 2 heterocycles. The number of rotatable bonds is 7. The van der Waals surface area contributed by atoms with E-state index in [0.717, 1.165) is 21.8 Å². The van der Waals surface area contributed by atoms with Crippen LogP contribution in [0.5, 0.6) is 0 Å². The Bertz CT molecular complexity index is 1110. The molecule has 6 nitrogen and oxygen atoms in total. The molecule has 3 aromatic rings. The van der Waals surface area contributed by atoms with Gasteiger partial charge in [-0.3, -0.25) is 14.7 Å². The molecule has 0 saturated carbocycles. The molecule has 1 unspecified atom stereocenters. The first-order valence-electron chi connectivity index (χ1n) is 10.1. The van der Waals surface area contributed by atoms with E-state index < -0.39 is 18.0 Å². The van der Waals surface area contributed by atoms with Crippen LogP contribution >= 0.6 is 11.8 Å². The van der Waals surface area contributed by atoms with Crippen molar-refractivity contribution in [2.75, 3.05) is 18.0 Å². The quantitative estimate of drug-likeness (QED) is 0.530. The first-order chi connectivity index (χ1) is 15.5. The lowest BCUT2D eigenvalue weighted by Crippen LogP contribution is -2.33. The summed E-state index contributed by atoms with van der Waals surface area (Å²) in [6, 6.07) is 16.4. The smallest absolute Gasteiger partial charge is 0.414 e. The summed E-state index contributed by atoms with van der Waals surface area (Å²) in [6.07, 6.45) is 2.52. The average molecular weight is 452 g/mol. The van der Waals surface area contributed by atoms with Gasteiger partial charge in [0.2, 0.25) is 5.91 Å². The van der Waals surface area contributed by atoms with Crippen molar-refractivity contribution in [3.8, 4) is 11.1 Å². The third-order valence-electron chi connectivity index (χ3n) is 5.04. The van der Waals surface area contributed by atoms with Crippen molar-refractivity contribution in [3.63, 3.8) is 0 Å². The standard InChI is InChI=1S/C24H22FN3O3S/c1-16(29)27-13-20-14-28(24(30)31-20)19-6-7-22(23(25)12-19)18-4-2-17(3-5-18)15-32-21-8-10-26-11-9-21/h2-12,20H,13-15H2,1H3,(H,27,29). The highest BCUT2D eigenvalue weighted by Gasteiger charge is 2.32. The van der Waals surface area contributed by atoms with Gasteiger partial charge in [-0.25, -0.2) is 9.18 Å². The normalized spacial score (nSPS) is 15.5. The number of carbonyl (C=O) groups excluding carboxylic acids is 2. The molecule has 1 aromatic heterocycles. The van der Waals surface area contributed by atoms with Gasteiger partial charge in [0.15, 0.2) is 0 Å². The summed E-state index contributed by atoms with van der Waals surface area (Å²) >= 11 is 1.71. The molecular weight excluding hydrogens is 429 g/mol. The first-order valence-corrected chi connectivity index (χ1v) is 11.1. The van der Waals surface area contributed by atoms with E-state index in [1.165, 1.54) is 17.9 Å². The van der Waals surface area contributed by atoms with Gasteiger partial charge in [0.05, 0.1) is 18.8 Å². The number of hydrogen-bond acceptors (Lipinski definition) is 5. The number of nitrogens with zero attached hydrogens (tertiary/aromatic N) is 2. The van der Waals surface area contributed by atoms with E-state index in [1.54, 1.807) is 36.3 Å². The van der Waals surface area contributed by atoms with Crippen LogP contribution in [0.15, 0.2) is 71.9 Å². The zero-order valence-electron chi connectivity index (χ0n) is 17.5. The van der Waals surface area contributed by atoms with Gasteiger partial charge in [0.1, 0.15) is 11.9 Å². The number of nitrogens with one attached hydrogen (secondary N) is 1. The van der Waals surface area contributed by atoms with Gasteiger partial charge in [-0.2, -0.15) is 0 Å². The van der Waals surface area contributed by atoms with Crippen LogP contribution in [0, 0.1) is 5.82 Å². The van der Waals surface area contributed by atoms with Crippen molar-refractivity contribution in [3.05, 3.63) is 78.4 Å². The Kier molecular flexibility index (Phi) is 6.70. The van der Waals surface area contributed by atoms with E-state index in [4.69, 9.17) is 4.74 Å². The molecule has 0 radical (unpaired) electrons. The molecule has 8 heteroatoms. The number of benzene rings is 2. The van der Waals surface area contributed by atoms with Crippen LogP contribution < -0.4 is 10.2 Å². The number of carbonyl (C=O) groups is 2. The summed E-state index contributed by atoms with van der Waals surface area (Å²) in [5.41, 5.74) is 2.79. The highest BCUT2D eigenvalue weighted by molar-refractivity contribution is 7.98. The highest BCUT2D eigenvalue weighted by Crippen LogP contribution is 2.30. The van der Waals surface area contributed by atoms with Crippen LogP contribution in [-0.2, 0) is 15.3 Å². The number of aromatic nitrogens is 1. The Morgan fingerprint density at radius 3 is 2.62 bits per heavy atom. The maximum absolute atomic E-state index is 14.9. The summed E-state index contributed by atoms with van der Waals surface area (Å²) in [6.45, 7) is 1.88. The van der Waals surface area contributed by atoms with Crippen molar-refractivity contribution in [2.45, 2.75) is 23.7 Å². The monoisotopic (exact) mass is 451 g/mol. The zero-order valence-corrected chi connectivity index (χ0v) is 18.3. The molecular formula is C24H22FN3O3S. The van der Waals surface area contributed by atoms with Crippen molar-refractivity contribution < 1.29 is 18.7 Å². The summed E-state index contributed by atoms with van der Waals surface area (Å²) in [5.74, 6) is 0.194. The largest absolute Gasteiger partial charge is 0.442 e. The van der Waals surface area contributed by atoms with Crippen LogP contribution in [0.2, 0.25) is 0 Å². The number of thioether (sulfide) groups is 1. The van der Waals surface area contributed by atoms with Crippen LogP contribution in [0.4, 0.5) is 14.9 Å². The molecule has 1 aliphatic rings. The second-order valence-corrected chi connectivity index (χ2v) is 8.43. The number of pyridine rings is 1. The fraction of sp³-hybridized carbons (Fsp3) is 0.208. The number of amides is 2. The molecule has 164 valence electrons. The third-order valence-corrected chi connectivity index (χ3v) is 6.12. The summed E-state index contributed by atoms with van der Waals surface area (Å²) in [5, 5.41) is 2.62. The molecule has 2 aromatic carbocycles. The van der Waals surface area contributed by atoms with E-state index in [0.29, 0.717) is 11.3 Å². The lowest BCUT2D eigenvalue weighted by atomic mass is 10.0. The zero-order chi connectivity index (χ0) is 22.5. The number of anilines is 1. The van der Waals surface area contributed by atoms with Gasteiger partial charge in [0.25, 0.3) is 0 Å². The number of hydrogen-bond donors (Lipinski definition) is 1. The van der Waals surface area contributed by atoms with Crippen LogP contribution in [-0.4, -0.2) is 36.2 Å². The SMILES string of the molecule is CC(=O)NCC1CN(c2ccc(-c3ccc(CSc4ccncc4)cc3)c(F)c2)C(=O)O1. The van der Waals surface area contributed by atoms with E-state index >= 15 is 0 Å². The molecule has 1 fully saturated rings. The minimum Gasteiger partial charge on any atom is -0.442 e. The van der Waals surface area contributed by atoms with Gasteiger partial charge in [-0.1, -0.05) is 24.3 Å². The third kappa shape index (κ3) is 5.26. The van der Waals surface area contributed by atoms with E-state index in [2.05, 4.69) is 10.3 Å². The van der Waals surface area contributed by atoms with E-state index in [1.807, 2.05) is 36.4 Å². The number of ether oxygens (including phenoxy) is 1. The van der Waals surface area contributed by atoms with Crippen LogP contribution in [0.3, 0.4) is 0 Å². The summed E-state index contributed by atoms with van der Waals surface area (Å²) in [4.78, 5) is 29.7. The maximum Gasteiger partial charge on any atom is 0.414 e.